The molecule has 74 valence electrons. The molecule has 2 heteroatoms. The van der Waals surface area contributed by atoms with Gasteiger partial charge < -0.3 is 0 Å². The first-order valence-corrected chi connectivity index (χ1v) is 4.82. The first-order valence-electron chi connectivity index (χ1n) is 4.82. The maximum atomic E-state index is 13.2. The Morgan fingerprint density at radius 3 is 2.64 bits per heavy atom. The summed E-state index contributed by atoms with van der Waals surface area (Å²) >= 11 is 0. The molecule has 0 atom stereocenters. The second-order valence-corrected chi connectivity index (χ2v) is 3.86. The molecule has 0 radical (unpaired) electrons. The third kappa shape index (κ3) is 2.85. The summed E-state index contributed by atoms with van der Waals surface area (Å²) < 4.78 is 13.2. The van der Waals surface area contributed by atoms with E-state index in [1.165, 1.54) is 6.07 Å². The summed E-state index contributed by atoms with van der Waals surface area (Å²) in [5, 5.41) is 8.54. The molecule has 0 heterocycles. The van der Waals surface area contributed by atoms with Crippen LogP contribution in [0.1, 0.15) is 31.4 Å². The Morgan fingerprint density at radius 1 is 1.43 bits per heavy atom. The van der Waals surface area contributed by atoms with Crippen molar-refractivity contribution in [3.63, 3.8) is 0 Å². The molecule has 0 unspecified atom stereocenters. The van der Waals surface area contributed by atoms with Gasteiger partial charge in [-0.15, -0.1) is 0 Å². The van der Waals surface area contributed by atoms with Crippen molar-refractivity contribution in [1.29, 1.82) is 5.26 Å². The largest absolute Gasteiger partial charge is 0.206 e. The zero-order chi connectivity index (χ0) is 10.6. The smallest absolute Gasteiger partial charge is 0.141 e. The van der Waals surface area contributed by atoms with Crippen molar-refractivity contribution in [1.82, 2.24) is 0 Å². The van der Waals surface area contributed by atoms with Crippen molar-refractivity contribution >= 4 is 0 Å². The average molecular weight is 191 g/mol. The van der Waals surface area contributed by atoms with E-state index in [1.54, 1.807) is 6.07 Å². The van der Waals surface area contributed by atoms with E-state index in [0.717, 1.165) is 18.4 Å². The molecule has 14 heavy (non-hydrogen) atoms. The lowest BCUT2D eigenvalue weighted by atomic mass is 10.0. The molecule has 1 nitrogen and oxygen atoms in total. The zero-order valence-electron chi connectivity index (χ0n) is 8.55. The van der Waals surface area contributed by atoms with Crippen molar-refractivity contribution in [2.75, 3.05) is 0 Å². The standard InChI is InChI=1S/C12H14FN/c1-9(2)3-4-10-5-6-11(8-14)12(13)7-10/h5-7,9H,3-4H2,1-2H3. The molecule has 0 saturated carbocycles. The topological polar surface area (TPSA) is 23.8 Å². The van der Waals surface area contributed by atoms with E-state index in [4.69, 9.17) is 5.26 Å². The summed E-state index contributed by atoms with van der Waals surface area (Å²) in [6.07, 6.45) is 1.92. The van der Waals surface area contributed by atoms with Gasteiger partial charge in [0.15, 0.2) is 0 Å². The van der Waals surface area contributed by atoms with Gasteiger partial charge in [-0.1, -0.05) is 19.9 Å². The van der Waals surface area contributed by atoms with Gasteiger partial charge in [0, 0.05) is 0 Å². The highest BCUT2D eigenvalue weighted by molar-refractivity contribution is 5.33. The minimum absolute atomic E-state index is 0.123. The molecule has 1 aromatic rings. The third-order valence-electron chi connectivity index (χ3n) is 2.16. The molecule has 0 saturated heterocycles. The molecule has 1 rings (SSSR count). The second kappa shape index (κ2) is 4.76. The van der Waals surface area contributed by atoms with E-state index < -0.39 is 5.82 Å². The van der Waals surface area contributed by atoms with Crippen LogP contribution in [0.25, 0.3) is 0 Å². The molecule has 0 amide bonds. The SMILES string of the molecule is CC(C)CCc1ccc(C#N)c(F)c1. The highest BCUT2D eigenvalue weighted by atomic mass is 19.1. The molecule has 0 fully saturated rings. The molecule has 0 aliphatic heterocycles. The minimum Gasteiger partial charge on any atom is -0.206 e. The molecule has 0 bridgehead atoms. The second-order valence-electron chi connectivity index (χ2n) is 3.86. The Hall–Kier alpha value is -1.36. The van der Waals surface area contributed by atoms with E-state index in [9.17, 15) is 4.39 Å². The van der Waals surface area contributed by atoms with Crippen LogP contribution in [0.15, 0.2) is 18.2 Å². The Balaban J connectivity index is 2.73. The molecular formula is C12H14FN. The van der Waals surface area contributed by atoms with Gasteiger partial charge in [-0.25, -0.2) is 4.39 Å². The highest BCUT2D eigenvalue weighted by Crippen LogP contribution is 2.13. The summed E-state index contributed by atoms with van der Waals surface area (Å²) in [6, 6.07) is 6.64. The van der Waals surface area contributed by atoms with E-state index in [1.807, 2.05) is 12.1 Å². The van der Waals surface area contributed by atoms with E-state index in [-0.39, 0.29) is 5.56 Å². The van der Waals surface area contributed by atoms with E-state index in [2.05, 4.69) is 13.8 Å². The summed E-state index contributed by atoms with van der Waals surface area (Å²) in [6.45, 7) is 4.28. The van der Waals surface area contributed by atoms with Gasteiger partial charge in [0.05, 0.1) is 5.56 Å². The van der Waals surface area contributed by atoms with Gasteiger partial charge in [-0.2, -0.15) is 5.26 Å². The number of nitrogens with zero attached hydrogens (tertiary/aromatic N) is 1. The van der Waals surface area contributed by atoms with Crippen molar-refractivity contribution in [3.05, 3.63) is 35.1 Å². The van der Waals surface area contributed by atoms with Crippen LogP contribution in [0.3, 0.4) is 0 Å². The number of benzene rings is 1. The van der Waals surface area contributed by atoms with Gasteiger partial charge >= 0.3 is 0 Å². The Bertz CT molecular complexity index is 350. The molecule has 0 N–H and O–H groups in total. The third-order valence-corrected chi connectivity index (χ3v) is 2.16. The number of nitriles is 1. The maximum Gasteiger partial charge on any atom is 0.141 e. The van der Waals surface area contributed by atoms with Crippen molar-refractivity contribution < 1.29 is 4.39 Å². The molecule has 0 aliphatic carbocycles. The van der Waals surface area contributed by atoms with Crippen molar-refractivity contribution in [3.8, 4) is 6.07 Å². The van der Waals surface area contributed by atoms with Crippen LogP contribution in [0.2, 0.25) is 0 Å². The summed E-state index contributed by atoms with van der Waals surface area (Å²) in [4.78, 5) is 0. The first-order chi connectivity index (χ1) is 6.63. The summed E-state index contributed by atoms with van der Waals surface area (Å²) in [7, 11) is 0. The lowest BCUT2D eigenvalue weighted by Crippen LogP contribution is -1.94. The maximum absolute atomic E-state index is 13.2. The monoisotopic (exact) mass is 191 g/mol. The van der Waals surface area contributed by atoms with Crippen LogP contribution in [0.4, 0.5) is 4.39 Å². The van der Waals surface area contributed by atoms with Gasteiger partial charge in [0.2, 0.25) is 0 Å². The van der Waals surface area contributed by atoms with E-state index in [0.29, 0.717) is 5.92 Å². The Morgan fingerprint density at radius 2 is 2.14 bits per heavy atom. The van der Waals surface area contributed by atoms with Gasteiger partial charge in [-0.05, 0) is 36.5 Å². The zero-order valence-corrected chi connectivity index (χ0v) is 8.55. The number of halogens is 1. The molecular weight excluding hydrogens is 177 g/mol. The van der Waals surface area contributed by atoms with Crippen LogP contribution in [-0.4, -0.2) is 0 Å². The van der Waals surface area contributed by atoms with Crippen LogP contribution in [0, 0.1) is 23.1 Å². The van der Waals surface area contributed by atoms with Gasteiger partial charge in [0.25, 0.3) is 0 Å². The number of hydrogen-bond donors (Lipinski definition) is 0. The fourth-order valence-corrected chi connectivity index (χ4v) is 1.26. The van der Waals surface area contributed by atoms with Crippen LogP contribution in [0.5, 0.6) is 0 Å². The lowest BCUT2D eigenvalue weighted by Gasteiger charge is -2.04. The normalized spacial score (nSPS) is 10.2. The summed E-state index contributed by atoms with van der Waals surface area (Å²) in [5.74, 6) is 0.211. The number of aryl methyl sites for hydroxylation is 1. The fourth-order valence-electron chi connectivity index (χ4n) is 1.26. The lowest BCUT2D eigenvalue weighted by molar-refractivity contribution is 0.581. The predicted molar refractivity (Wildman–Crippen MR) is 54.3 cm³/mol. The van der Waals surface area contributed by atoms with Crippen LogP contribution >= 0.6 is 0 Å². The Kier molecular flexibility index (Phi) is 3.64. The van der Waals surface area contributed by atoms with Gasteiger partial charge in [0.1, 0.15) is 11.9 Å². The molecule has 0 spiro atoms. The molecule has 0 aliphatic rings. The van der Waals surface area contributed by atoms with Crippen molar-refractivity contribution in [2.24, 2.45) is 5.92 Å². The minimum atomic E-state index is -0.409. The predicted octanol–water partition coefficient (Wildman–Crippen LogP) is 3.29. The van der Waals surface area contributed by atoms with Gasteiger partial charge in [-0.3, -0.25) is 0 Å². The van der Waals surface area contributed by atoms with E-state index >= 15 is 0 Å². The highest BCUT2D eigenvalue weighted by Gasteiger charge is 2.03. The quantitative estimate of drug-likeness (QED) is 0.719. The van der Waals surface area contributed by atoms with Crippen LogP contribution in [-0.2, 0) is 6.42 Å². The molecule has 0 aromatic heterocycles. The summed E-state index contributed by atoms with van der Waals surface area (Å²) in [5.41, 5.74) is 1.09. The molecule has 1 aromatic carbocycles. The number of rotatable bonds is 3. The number of hydrogen-bond acceptors (Lipinski definition) is 1. The first kappa shape index (κ1) is 10.7. The Labute approximate surface area is 84.2 Å². The van der Waals surface area contributed by atoms with Crippen LogP contribution < -0.4 is 0 Å². The van der Waals surface area contributed by atoms with Crippen molar-refractivity contribution in [2.45, 2.75) is 26.7 Å². The average Bonchev–Trinajstić information content (AvgIpc) is 2.15. The fraction of sp³-hybridized carbons (Fsp3) is 0.417.